The summed E-state index contributed by atoms with van der Waals surface area (Å²) < 4.78 is 11.2. The predicted octanol–water partition coefficient (Wildman–Crippen LogP) is 1.89. The zero-order valence-corrected chi connectivity index (χ0v) is 10.0. The van der Waals surface area contributed by atoms with Crippen molar-refractivity contribution in [1.29, 1.82) is 0 Å². The Morgan fingerprint density at radius 3 is 3.12 bits per heavy atom. The highest BCUT2D eigenvalue weighted by molar-refractivity contribution is 4.96. The molecule has 1 aromatic heterocycles. The van der Waals surface area contributed by atoms with E-state index in [1.54, 1.807) is 0 Å². The van der Waals surface area contributed by atoms with Crippen molar-refractivity contribution >= 4 is 0 Å². The van der Waals surface area contributed by atoms with E-state index in [9.17, 15) is 0 Å². The van der Waals surface area contributed by atoms with Crippen LogP contribution < -0.4 is 5.32 Å². The highest BCUT2D eigenvalue weighted by Crippen LogP contribution is 2.17. The maximum absolute atomic E-state index is 5.64. The van der Waals surface area contributed by atoms with Gasteiger partial charge >= 0.3 is 0 Å². The molecule has 4 heteroatoms. The molecule has 0 bridgehead atoms. The van der Waals surface area contributed by atoms with E-state index < -0.39 is 0 Å². The number of hydrogen-bond donors (Lipinski definition) is 1. The largest absolute Gasteiger partial charge is 0.444 e. The second-order valence-electron chi connectivity index (χ2n) is 4.60. The lowest BCUT2D eigenvalue weighted by Gasteiger charge is -2.06. The molecule has 2 heterocycles. The lowest BCUT2D eigenvalue weighted by atomic mass is 10.1. The maximum atomic E-state index is 5.64. The Morgan fingerprint density at radius 2 is 2.44 bits per heavy atom. The third kappa shape index (κ3) is 3.32. The van der Waals surface area contributed by atoms with Gasteiger partial charge in [-0.05, 0) is 12.8 Å². The fourth-order valence-electron chi connectivity index (χ4n) is 1.85. The number of oxazole rings is 1. The van der Waals surface area contributed by atoms with E-state index in [4.69, 9.17) is 9.15 Å². The zero-order chi connectivity index (χ0) is 11.4. The van der Waals surface area contributed by atoms with Crippen LogP contribution in [0.5, 0.6) is 0 Å². The van der Waals surface area contributed by atoms with Gasteiger partial charge in [0.15, 0.2) is 0 Å². The summed E-state index contributed by atoms with van der Waals surface area (Å²) in [5, 5.41) is 3.28. The quantitative estimate of drug-likeness (QED) is 0.829. The van der Waals surface area contributed by atoms with Crippen LogP contribution in [-0.2, 0) is 17.7 Å². The van der Waals surface area contributed by atoms with Gasteiger partial charge in [-0.15, -0.1) is 0 Å². The standard InChI is InChI=1S/C12H20N2O2/c1-9(2)13-8-12-14-7-11(16-12)6-10-4-3-5-15-10/h7,9-10,13H,3-6,8H2,1-2H3. The molecular formula is C12H20N2O2. The number of nitrogens with one attached hydrogen (secondary N) is 1. The minimum Gasteiger partial charge on any atom is -0.444 e. The number of ether oxygens (including phenoxy) is 1. The van der Waals surface area contributed by atoms with Crippen molar-refractivity contribution in [3.05, 3.63) is 17.8 Å². The molecule has 1 N–H and O–H groups in total. The molecule has 1 atom stereocenters. The number of hydrogen-bond acceptors (Lipinski definition) is 4. The lowest BCUT2D eigenvalue weighted by molar-refractivity contribution is 0.106. The minimum absolute atomic E-state index is 0.332. The van der Waals surface area contributed by atoms with Gasteiger partial charge in [-0.2, -0.15) is 0 Å². The van der Waals surface area contributed by atoms with Gasteiger partial charge in [0, 0.05) is 19.1 Å². The van der Waals surface area contributed by atoms with E-state index in [0.29, 0.717) is 18.7 Å². The summed E-state index contributed by atoms with van der Waals surface area (Å²) in [5.41, 5.74) is 0. The summed E-state index contributed by atoms with van der Waals surface area (Å²) in [5.74, 6) is 1.70. The van der Waals surface area contributed by atoms with Gasteiger partial charge in [0.05, 0.1) is 18.8 Å². The van der Waals surface area contributed by atoms with Crippen LogP contribution in [0, 0.1) is 0 Å². The van der Waals surface area contributed by atoms with E-state index in [-0.39, 0.29) is 0 Å². The van der Waals surface area contributed by atoms with E-state index in [1.807, 2.05) is 6.20 Å². The van der Waals surface area contributed by atoms with Crippen molar-refractivity contribution in [3.8, 4) is 0 Å². The fraction of sp³-hybridized carbons (Fsp3) is 0.750. The first-order valence-corrected chi connectivity index (χ1v) is 6.02. The maximum Gasteiger partial charge on any atom is 0.208 e. The first-order chi connectivity index (χ1) is 7.74. The first-order valence-electron chi connectivity index (χ1n) is 6.02. The second kappa shape index (κ2) is 5.46. The molecule has 1 saturated heterocycles. The smallest absolute Gasteiger partial charge is 0.208 e. The van der Waals surface area contributed by atoms with Crippen molar-refractivity contribution in [2.75, 3.05) is 6.61 Å². The molecule has 4 nitrogen and oxygen atoms in total. The number of nitrogens with zero attached hydrogens (tertiary/aromatic N) is 1. The van der Waals surface area contributed by atoms with Gasteiger partial charge in [-0.1, -0.05) is 13.8 Å². The van der Waals surface area contributed by atoms with E-state index in [1.165, 1.54) is 6.42 Å². The Morgan fingerprint density at radius 1 is 1.56 bits per heavy atom. The molecule has 0 amide bonds. The molecule has 1 aliphatic heterocycles. The van der Waals surface area contributed by atoms with Gasteiger partial charge in [-0.25, -0.2) is 4.98 Å². The molecule has 1 aliphatic rings. The molecule has 1 fully saturated rings. The van der Waals surface area contributed by atoms with Crippen molar-refractivity contribution in [1.82, 2.24) is 10.3 Å². The molecule has 90 valence electrons. The molecule has 0 aromatic carbocycles. The van der Waals surface area contributed by atoms with E-state index in [0.717, 1.165) is 31.1 Å². The van der Waals surface area contributed by atoms with Gasteiger partial charge in [0.1, 0.15) is 5.76 Å². The van der Waals surface area contributed by atoms with Crippen LogP contribution in [0.3, 0.4) is 0 Å². The van der Waals surface area contributed by atoms with Crippen LogP contribution >= 0.6 is 0 Å². The molecular weight excluding hydrogens is 204 g/mol. The van der Waals surface area contributed by atoms with Crippen LogP contribution in [0.25, 0.3) is 0 Å². The van der Waals surface area contributed by atoms with Gasteiger partial charge in [-0.3, -0.25) is 0 Å². The highest BCUT2D eigenvalue weighted by atomic mass is 16.5. The summed E-state index contributed by atoms with van der Waals surface area (Å²) in [6, 6.07) is 0.452. The Kier molecular flexibility index (Phi) is 3.96. The Labute approximate surface area is 96.4 Å². The third-order valence-corrected chi connectivity index (χ3v) is 2.72. The summed E-state index contributed by atoms with van der Waals surface area (Å²) in [4.78, 5) is 4.25. The lowest BCUT2D eigenvalue weighted by Crippen LogP contribution is -2.21. The van der Waals surface area contributed by atoms with Gasteiger partial charge in [0.2, 0.25) is 5.89 Å². The van der Waals surface area contributed by atoms with Crippen molar-refractivity contribution in [3.63, 3.8) is 0 Å². The average molecular weight is 224 g/mol. The second-order valence-corrected chi connectivity index (χ2v) is 4.60. The molecule has 0 spiro atoms. The Balaban J connectivity index is 1.81. The summed E-state index contributed by atoms with van der Waals surface area (Å²) in [7, 11) is 0. The van der Waals surface area contributed by atoms with Crippen LogP contribution in [0.4, 0.5) is 0 Å². The van der Waals surface area contributed by atoms with Crippen molar-refractivity contribution < 1.29 is 9.15 Å². The Hall–Kier alpha value is -0.870. The van der Waals surface area contributed by atoms with Crippen LogP contribution in [-0.4, -0.2) is 23.7 Å². The number of aromatic nitrogens is 1. The van der Waals surface area contributed by atoms with E-state index in [2.05, 4.69) is 24.1 Å². The monoisotopic (exact) mass is 224 g/mol. The Bertz CT molecular complexity index is 317. The number of rotatable bonds is 5. The molecule has 1 aromatic rings. The van der Waals surface area contributed by atoms with Crippen molar-refractivity contribution in [2.45, 2.75) is 51.8 Å². The summed E-state index contributed by atoms with van der Waals surface area (Å²) >= 11 is 0. The van der Waals surface area contributed by atoms with Crippen LogP contribution in [0.2, 0.25) is 0 Å². The predicted molar refractivity (Wildman–Crippen MR) is 61.2 cm³/mol. The fourth-order valence-corrected chi connectivity index (χ4v) is 1.85. The van der Waals surface area contributed by atoms with Crippen molar-refractivity contribution in [2.24, 2.45) is 0 Å². The summed E-state index contributed by atoms with van der Waals surface area (Å²) in [6.07, 6.45) is 5.31. The minimum atomic E-state index is 0.332. The molecule has 0 saturated carbocycles. The molecule has 1 unspecified atom stereocenters. The van der Waals surface area contributed by atoms with Crippen LogP contribution in [0.1, 0.15) is 38.3 Å². The molecule has 0 radical (unpaired) electrons. The zero-order valence-electron chi connectivity index (χ0n) is 10.0. The van der Waals surface area contributed by atoms with E-state index >= 15 is 0 Å². The summed E-state index contributed by atoms with van der Waals surface area (Å²) in [6.45, 7) is 5.80. The van der Waals surface area contributed by atoms with Crippen LogP contribution in [0.15, 0.2) is 10.6 Å². The SMILES string of the molecule is CC(C)NCc1ncc(CC2CCCO2)o1. The average Bonchev–Trinajstić information content (AvgIpc) is 2.87. The highest BCUT2D eigenvalue weighted by Gasteiger charge is 2.18. The van der Waals surface area contributed by atoms with Gasteiger partial charge < -0.3 is 14.5 Å². The third-order valence-electron chi connectivity index (χ3n) is 2.72. The molecule has 0 aliphatic carbocycles. The van der Waals surface area contributed by atoms with Gasteiger partial charge in [0.25, 0.3) is 0 Å². The normalized spacial score (nSPS) is 20.8. The topological polar surface area (TPSA) is 47.3 Å². The molecule has 2 rings (SSSR count). The first kappa shape index (κ1) is 11.6. The molecule has 16 heavy (non-hydrogen) atoms.